The van der Waals surface area contributed by atoms with Crippen LogP contribution >= 0.6 is 0 Å². The predicted octanol–water partition coefficient (Wildman–Crippen LogP) is 3.34. The van der Waals surface area contributed by atoms with Gasteiger partial charge in [-0.1, -0.05) is 0 Å². The number of hydrogen-bond acceptors (Lipinski definition) is 4. The van der Waals surface area contributed by atoms with Crippen LogP contribution in [0.2, 0.25) is 0 Å². The van der Waals surface area contributed by atoms with Crippen LogP contribution in [0.3, 0.4) is 0 Å². The second-order valence-electron chi connectivity index (χ2n) is 6.18. The molecule has 0 aromatic carbocycles. The Morgan fingerprint density at radius 2 is 2.14 bits per heavy atom. The average molecular weight is 291 g/mol. The van der Waals surface area contributed by atoms with Crippen molar-refractivity contribution in [1.29, 1.82) is 0 Å². The van der Waals surface area contributed by atoms with Gasteiger partial charge in [-0.25, -0.2) is 9.37 Å². The Kier molecular flexibility index (Phi) is 4.63. The normalized spacial score (nSPS) is 11.7. The highest BCUT2D eigenvalue weighted by molar-refractivity contribution is 5.46. The van der Waals surface area contributed by atoms with Gasteiger partial charge in [0.25, 0.3) is 0 Å². The minimum absolute atomic E-state index is 0.0385. The van der Waals surface area contributed by atoms with Crippen LogP contribution in [0.25, 0.3) is 0 Å². The van der Waals surface area contributed by atoms with Crippen molar-refractivity contribution in [2.45, 2.75) is 39.4 Å². The van der Waals surface area contributed by atoms with Crippen molar-refractivity contribution in [1.82, 2.24) is 10.3 Å². The van der Waals surface area contributed by atoms with Crippen LogP contribution < -0.4 is 10.2 Å². The molecule has 0 fully saturated rings. The molecular formula is C16H22FN3O. The van der Waals surface area contributed by atoms with E-state index in [1.54, 1.807) is 6.26 Å². The van der Waals surface area contributed by atoms with Gasteiger partial charge < -0.3 is 14.6 Å². The first kappa shape index (κ1) is 15.5. The summed E-state index contributed by atoms with van der Waals surface area (Å²) in [4.78, 5) is 6.18. The third-order valence-corrected chi connectivity index (χ3v) is 3.05. The molecule has 0 aliphatic heterocycles. The summed E-state index contributed by atoms with van der Waals surface area (Å²) in [5.41, 5.74) is 0.794. The summed E-state index contributed by atoms with van der Waals surface area (Å²) in [5.74, 6) is 1.28. The van der Waals surface area contributed by atoms with Crippen molar-refractivity contribution in [3.05, 3.63) is 47.8 Å². The maximum Gasteiger partial charge on any atom is 0.141 e. The van der Waals surface area contributed by atoms with Crippen LogP contribution in [0.15, 0.2) is 35.1 Å². The van der Waals surface area contributed by atoms with E-state index >= 15 is 0 Å². The fraction of sp³-hybridized carbons (Fsp3) is 0.438. The lowest BCUT2D eigenvalue weighted by Crippen LogP contribution is -2.35. The summed E-state index contributed by atoms with van der Waals surface area (Å²) in [6.07, 6.45) is 2.89. The van der Waals surface area contributed by atoms with E-state index in [4.69, 9.17) is 4.42 Å². The molecule has 0 atom stereocenters. The maximum atomic E-state index is 13.5. The van der Waals surface area contributed by atoms with Crippen molar-refractivity contribution >= 4 is 5.82 Å². The molecule has 0 amide bonds. The second-order valence-corrected chi connectivity index (χ2v) is 6.18. The number of pyridine rings is 1. The summed E-state index contributed by atoms with van der Waals surface area (Å²) in [6.45, 7) is 7.38. The summed E-state index contributed by atoms with van der Waals surface area (Å²) in [5, 5.41) is 3.36. The Morgan fingerprint density at radius 1 is 1.38 bits per heavy atom. The molecule has 0 unspecified atom stereocenters. The number of rotatable bonds is 5. The van der Waals surface area contributed by atoms with Gasteiger partial charge in [-0.2, -0.15) is 0 Å². The van der Waals surface area contributed by atoms with Crippen molar-refractivity contribution < 1.29 is 8.81 Å². The third-order valence-electron chi connectivity index (χ3n) is 3.05. The molecule has 21 heavy (non-hydrogen) atoms. The monoisotopic (exact) mass is 291 g/mol. The first-order valence-electron chi connectivity index (χ1n) is 6.98. The number of furan rings is 1. The summed E-state index contributed by atoms with van der Waals surface area (Å²) < 4.78 is 18.8. The maximum absolute atomic E-state index is 13.5. The SMILES string of the molecule is CN(Cc1ccco1)c1ncc(F)cc1CNC(C)(C)C. The van der Waals surface area contributed by atoms with E-state index in [2.05, 4.69) is 31.1 Å². The topological polar surface area (TPSA) is 41.3 Å². The van der Waals surface area contributed by atoms with Gasteiger partial charge in [0.2, 0.25) is 0 Å². The zero-order valence-corrected chi connectivity index (χ0v) is 13.0. The zero-order chi connectivity index (χ0) is 15.5. The van der Waals surface area contributed by atoms with Gasteiger partial charge in [0.1, 0.15) is 17.4 Å². The van der Waals surface area contributed by atoms with Crippen molar-refractivity contribution in [3.8, 4) is 0 Å². The first-order chi connectivity index (χ1) is 9.85. The number of aromatic nitrogens is 1. The van der Waals surface area contributed by atoms with E-state index < -0.39 is 0 Å². The minimum atomic E-state index is -0.323. The van der Waals surface area contributed by atoms with E-state index in [0.717, 1.165) is 17.1 Å². The summed E-state index contributed by atoms with van der Waals surface area (Å²) in [6, 6.07) is 5.29. The Labute approximate surface area is 125 Å². The van der Waals surface area contributed by atoms with Gasteiger partial charge in [-0.05, 0) is 39.0 Å². The van der Waals surface area contributed by atoms with Crippen LogP contribution in [0.5, 0.6) is 0 Å². The van der Waals surface area contributed by atoms with E-state index in [1.165, 1.54) is 12.3 Å². The van der Waals surface area contributed by atoms with Crippen LogP contribution in [-0.4, -0.2) is 17.6 Å². The molecule has 4 nitrogen and oxygen atoms in total. The van der Waals surface area contributed by atoms with E-state index in [1.807, 2.05) is 24.1 Å². The van der Waals surface area contributed by atoms with E-state index in [9.17, 15) is 4.39 Å². The standard InChI is InChI=1S/C16H22FN3O/c1-16(2,3)19-9-12-8-13(17)10-18-15(12)20(4)11-14-6-5-7-21-14/h5-8,10,19H,9,11H2,1-4H3. The number of halogens is 1. The molecule has 2 aromatic heterocycles. The lowest BCUT2D eigenvalue weighted by atomic mass is 10.1. The van der Waals surface area contributed by atoms with Crippen molar-refractivity contribution in [2.75, 3.05) is 11.9 Å². The number of hydrogen-bond donors (Lipinski definition) is 1. The summed E-state index contributed by atoms with van der Waals surface area (Å²) >= 11 is 0. The quantitative estimate of drug-likeness (QED) is 0.917. The fourth-order valence-electron chi connectivity index (χ4n) is 2.02. The Bertz CT molecular complexity index is 576. The molecule has 0 aliphatic carbocycles. The zero-order valence-electron chi connectivity index (χ0n) is 13.0. The van der Waals surface area contributed by atoms with Crippen LogP contribution in [-0.2, 0) is 13.1 Å². The van der Waals surface area contributed by atoms with Crippen molar-refractivity contribution in [3.63, 3.8) is 0 Å². The molecule has 2 aromatic rings. The van der Waals surface area contributed by atoms with Gasteiger partial charge >= 0.3 is 0 Å². The van der Waals surface area contributed by atoms with Gasteiger partial charge in [0, 0.05) is 24.7 Å². The van der Waals surface area contributed by atoms with Crippen LogP contribution in [0.4, 0.5) is 10.2 Å². The lowest BCUT2D eigenvalue weighted by Gasteiger charge is -2.24. The van der Waals surface area contributed by atoms with Crippen LogP contribution in [0, 0.1) is 5.82 Å². The van der Waals surface area contributed by atoms with Crippen LogP contribution in [0.1, 0.15) is 32.1 Å². The minimum Gasteiger partial charge on any atom is -0.467 e. The number of nitrogens with zero attached hydrogens (tertiary/aromatic N) is 2. The molecule has 2 rings (SSSR count). The van der Waals surface area contributed by atoms with E-state index in [-0.39, 0.29) is 11.4 Å². The summed E-state index contributed by atoms with van der Waals surface area (Å²) in [7, 11) is 1.92. The molecule has 0 spiro atoms. The molecular weight excluding hydrogens is 269 g/mol. The van der Waals surface area contributed by atoms with Gasteiger partial charge in [-0.3, -0.25) is 0 Å². The predicted molar refractivity (Wildman–Crippen MR) is 81.6 cm³/mol. The molecule has 0 saturated heterocycles. The highest BCUT2D eigenvalue weighted by atomic mass is 19.1. The fourth-order valence-corrected chi connectivity index (χ4v) is 2.02. The highest BCUT2D eigenvalue weighted by Gasteiger charge is 2.15. The van der Waals surface area contributed by atoms with Gasteiger partial charge in [-0.15, -0.1) is 0 Å². The molecule has 0 radical (unpaired) electrons. The number of anilines is 1. The first-order valence-corrected chi connectivity index (χ1v) is 6.98. The van der Waals surface area contributed by atoms with Gasteiger partial charge in [0.05, 0.1) is 19.0 Å². The Morgan fingerprint density at radius 3 is 2.76 bits per heavy atom. The average Bonchev–Trinajstić information content (AvgIpc) is 2.88. The molecule has 5 heteroatoms. The smallest absolute Gasteiger partial charge is 0.141 e. The molecule has 0 bridgehead atoms. The highest BCUT2D eigenvalue weighted by Crippen LogP contribution is 2.20. The Hall–Kier alpha value is -1.88. The second kappa shape index (κ2) is 6.26. The molecule has 0 aliphatic rings. The Balaban J connectivity index is 2.17. The molecule has 0 saturated carbocycles. The molecule has 114 valence electrons. The lowest BCUT2D eigenvalue weighted by molar-refractivity contribution is 0.423. The van der Waals surface area contributed by atoms with Gasteiger partial charge in [0.15, 0.2) is 0 Å². The third kappa shape index (κ3) is 4.56. The largest absolute Gasteiger partial charge is 0.467 e. The van der Waals surface area contributed by atoms with Crippen molar-refractivity contribution in [2.24, 2.45) is 0 Å². The number of nitrogens with one attached hydrogen (secondary N) is 1. The molecule has 1 N–H and O–H groups in total. The van der Waals surface area contributed by atoms with E-state index in [0.29, 0.717) is 13.1 Å². The molecule has 2 heterocycles.